The molecule has 3 aromatic carbocycles. The number of halogens is 4. The lowest BCUT2D eigenvalue weighted by Gasteiger charge is -2.10. The number of hydrogen-bond donors (Lipinski definition) is 1. The Labute approximate surface area is 176 Å². The Balaban J connectivity index is 1.65. The molecule has 8 heteroatoms. The summed E-state index contributed by atoms with van der Waals surface area (Å²) in [7, 11) is -1.22. The van der Waals surface area contributed by atoms with Crippen LogP contribution in [-0.4, -0.2) is 10.1 Å². The maximum absolute atomic E-state index is 12.8. The first kappa shape index (κ1) is 21.3. The summed E-state index contributed by atoms with van der Waals surface area (Å²) in [5, 5.41) is 2.57. The van der Waals surface area contributed by atoms with Crippen molar-refractivity contribution in [3.63, 3.8) is 0 Å². The Kier molecular flexibility index (Phi) is 6.54. The van der Waals surface area contributed by atoms with Gasteiger partial charge in [0.05, 0.1) is 22.1 Å². The van der Waals surface area contributed by atoms with E-state index in [9.17, 15) is 22.2 Å². The molecule has 0 spiro atoms. The average Bonchev–Trinajstić information content (AvgIpc) is 2.69. The predicted molar refractivity (Wildman–Crippen MR) is 110 cm³/mol. The van der Waals surface area contributed by atoms with Crippen molar-refractivity contribution >= 4 is 38.3 Å². The van der Waals surface area contributed by atoms with Crippen LogP contribution >= 0.6 is 15.9 Å². The molecular formula is C21H15BrF3NO2S. The van der Waals surface area contributed by atoms with Crippen LogP contribution in [0, 0.1) is 0 Å². The molecule has 1 N–H and O–H groups in total. The third kappa shape index (κ3) is 5.77. The van der Waals surface area contributed by atoms with Gasteiger partial charge < -0.3 is 5.32 Å². The van der Waals surface area contributed by atoms with Gasteiger partial charge in [-0.15, -0.1) is 0 Å². The van der Waals surface area contributed by atoms with Crippen molar-refractivity contribution in [3.05, 3.63) is 94.0 Å². The maximum Gasteiger partial charge on any atom is 0.416 e. The highest BCUT2D eigenvalue weighted by atomic mass is 79.9. The lowest BCUT2D eigenvalue weighted by atomic mass is 10.1. The Morgan fingerprint density at radius 2 is 1.62 bits per heavy atom. The maximum atomic E-state index is 12.8. The fraction of sp³-hybridized carbons (Fsp3) is 0.0952. The summed E-state index contributed by atoms with van der Waals surface area (Å²) in [6.07, 6.45) is -4.51. The van der Waals surface area contributed by atoms with E-state index < -0.39 is 28.4 Å². The van der Waals surface area contributed by atoms with Gasteiger partial charge >= 0.3 is 6.18 Å². The van der Waals surface area contributed by atoms with Crippen LogP contribution in [0.2, 0.25) is 0 Å². The Bertz CT molecular complexity index is 1040. The first-order valence-electron chi connectivity index (χ1n) is 8.44. The second kappa shape index (κ2) is 8.92. The minimum Gasteiger partial charge on any atom is -0.322 e. The molecule has 0 heterocycles. The van der Waals surface area contributed by atoms with E-state index in [1.807, 2.05) is 12.1 Å². The van der Waals surface area contributed by atoms with Crippen LogP contribution in [0.4, 0.5) is 18.9 Å². The van der Waals surface area contributed by atoms with Crippen molar-refractivity contribution in [3.8, 4) is 0 Å². The molecule has 3 nitrogen and oxygen atoms in total. The van der Waals surface area contributed by atoms with Crippen molar-refractivity contribution < 1.29 is 22.2 Å². The first-order valence-corrected chi connectivity index (χ1v) is 10.5. The second-order valence-corrected chi connectivity index (χ2v) is 8.54. The molecule has 0 aliphatic heterocycles. The number of anilines is 1. The summed E-state index contributed by atoms with van der Waals surface area (Å²) in [5.74, 6) is -0.328. The fourth-order valence-electron chi connectivity index (χ4n) is 2.55. The molecule has 3 rings (SSSR count). The van der Waals surface area contributed by atoms with Gasteiger partial charge in [0.2, 0.25) is 0 Å². The number of nitrogens with one attached hydrogen (secondary N) is 1. The topological polar surface area (TPSA) is 46.2 Å². The Hall–Kier alpha value is -2.45. The molecule has 1 unspecified atom stereocenters. The van der Waals surface area contributed by atoms with E-state index in [4.69, 9.17) is 0 Å². The smallest absolute Gasteiger partial charge is 0.322 e. The summed E-state index contributed by atoms with van der Waals surface area (Å²) in [4.78, 5) is 12.9. The minimum atomic E-state index is -4.51. The molecule has 0 saturated carbocycles. The molecule has 150 valence electrons. The normalized spacial score (nSPS) is 12.4. The lowest BCUT2D eigenvalue weighted by molar-refractivity contribution is -0.137. The van der Waals surface area contributed by atoms with Gasteiger partial charge in [-0.05, 0) is 60.2 Å². The number of benzene rings is 3. The summed E-state index contributed by atoms with van der Waals surface area (Å²) in [6.45, 7) is 0. The van der Waals surface area contributed by atoms with Crippen molar-refractivity contribution in [2.24, 2.45) is 0 Å². The standard InChI is InChI=1S/C21H15BrF3NO2S/c22-17-6-10-19(11-7-17)29(28)13-14-4-8-18(9-5-14)26-20(27)15-2-1-3-16(12-15)21(23,24)25/h1-12H,13H2,(H,26,27). The Morgan fingerprint density at radius 1 is 0.966 bits per heavy atom. The van der Waals surface area contributed by atoms with Gasteiger partial charge in [0.1, 0.15) is 0 Å². The molecule has 3 aromatic rings. The predicted octanol–water partition coefficient (Wildman–Crippen LogP) is 6.03. The highest BCUT2D eigenvalue weighted by molar-refractivity contribution is 9.10. The second-order valence-electron chi connectivity index (χ2n) is 6.17. The van der Waals surface area contributed by atoms with Crippen LogP contribution in [0.5, 0.6) is 0 Å². The third-order valence-electron chi connectivity index (χ3n) is 4.04. The van der Waals surface area contributed by atoms with Crippen LogP contribution in [-0.2, 0) is 22.7 Å². The average molecular weight is 482 g/mol. The SMILES string of the molecule is O=C(Nc1ccc(CS(=O)c2ccc(Br)cc2)cc1)c1cccc(C(F)(F)F)c1. The van der Waals surface area contributed by atoms with Crippen LogP contribution in [0.25, 0.3) is 0 Å². The van der Waals surface area contributed by atoms with E-state index in [-0.39, 0.29) is 5.56 Å². The van der Waals surface area contributed by atoms with Gasteiger partial charge in [-0.3, -0.25) is 9.00 Å². The van der Waals surface area contributed by atoms with Crippen molar-refractivity contribution in [1.82, 2.24) is 0 Å². The monoisotopic (exact) mass is 481 g/mol. The molecule has 0 saturated heterocycles. The molecular weight excluding hydrogens is 467 g/mol. The van der Waals surface area contributed by atoms with E-state index >= 15 is 0 Å². The minimum absolute atomic E-state index is 0.0831. The zero-order chi connectivity index (χ0) is 21.0. The van der Waals surface area contributed by atoms with E-state index in [0.29, 0.717) is 16.3 Å². The number of carbonyl (C=O) groups is 1. The van der Waals surface area contributed by atoms with E-state index in [0.717, 1.165) is 22.2 Å². The largest absolute Gasteiger partial charge is 0.416 e. The molecule has 0 bridgehead atoms. The molecule has 1 amide bonds. The number of amides is 1. The van der Waals surface area contributed by atoms with Crippen molar-refractivity contribution in [2.45, 2.75) is 16.8 Å². The molecule has 0 aliphatic carbocycles. The molecule has 0 radical (unpaired) electrons. The molecule has 0 aromatic heterocycles. The van der Waals surface area contributed by atoms with Gasteiger partial charge in [-0.25, -0.2) is 0 Å². The number of carbonyl (C=O) groups excluding carboxylic acids is 1. The van der Waals surface area contributed by atoms with Crippen LogP contribution in [0.3, 0.4) is 0 Å². The molecule has 29 heavy (non-hydrogen) atoms. The van der Waals surface area contributed by atoms with Gasteiger partial charge in [0, 0.05) is 20.6 Å². The summed E-state index contributed by atoms with van der Waals surface area (Å²) in [5.41, 5.74) is 0.282. The van der Waals surface area contributed by atoms with Crippen molar-refractivity contribution in [1.29, 1.82) is 0 Å². The van der Waals surface area contributed by atoms with Gasteiger partial charge in [0.15, 0.2) is 0 Å². The molecule has 0 fully saturated rings. The summed E-state index contributed by atoms with van der Waals surface area (Å²) >= 11 is 3.33. The molecule has 1 atom stereocenters. The van der Waals surface area contributed by atoms with E-state index in [1.165, 1.54) is 12.1 Å². The zero-order valence-corrected chi connectivity index (χ0v) is 17.3. The van der Waals surface area contributed by atoms with Gasteiger partial charge in [-0.1, -0.05) is 34.1 Å². The number of rotatable bonds is 5. The van der Waals surface area contributed by atoms with E-state index in [1.54, 1.807) is 36.4 Å². The number of hydrogen-bond acceptors (Lipinski definition) is 2. The van der Waals surface area contributed by atoms with E-state index in [2.05, 4.69) is 21.2 Å². The van der Waals surface area contributed by atoms with Crippen LogP contribution in [0.15, 0.2) is 82.2 Å². The van der Waals surface area contributed by atoms with Crippen molar-refractivity contribution in [2.75, 3.05) is 5.32 Å². The first-order chi connectivity index (χ1) is 13.7. The quantitative estimate of drug-likeness (QED) is 0.483. The number of alkyl halides is 3. The van der Waals surface area contributed by atoms with Crippen LogP contribution in [0.1, 0.15) is 21.5 Å². The zero-order valence-electron chi connectivity index (χ0n) is 14.9. The summed E-state index contributed by atoms with van der Waals surface area (Å²) < 4.78 is 51.7. The summed E-state index contributed by atoms with van der Waals surface area (Å²) in [6, 6.07) is 18.1. The van der Waals surface area contributed by atoms with Gasteiger partial charge in [-0.2, -0.15) is 13.2 Å². The van der Waals surface area contributed by atoms with Gasteiger partial charge in [0.25, 0.3) is 5.91 Å². The highest BCUT2D eigenvalue weighted by Crippen LogP contribution is 2.29. The fourth-order valence-corrected chi connectivity index (χ4v) is 3.91. The Morgan fingerprint density at radius 3 is 2.24 bits per heavy atom. The molecule has 0 aliphatic rings. The lowest BCUT2D eigenvalue weighted by Crippen LogP contribution is -2.14. The van der Waals surface area contributed by atoms with Crippen LogP contribution < -0.4 is 5.32 Å². The third-order valence-corrected chi connectivity index (χ3v) is 5.96. The highest BCUT2D eigenvalue weighted by Gasteiger charge is 2.30.